The molecule has 1 atom stereocenters. The number of benzene rings is 1. The van der Waals surface area contributed by atoms with Crippen LogP contribution in [0.25, 0.3) is 0 Å². The van der Waals surface area contributed by atoms with Gasteiger partial charge in [0, 0.05) is 18.8 Å². The van der Waals surface area contributed by atoms with E-state index in [0.29, 0.717) is 6.54 Å². The molecular formula is C12H19NO2S. The van der Waals surface area contributed by atoms with Crippen molar-refractivity contribution >= 4 is 9.84 Å². The highest BCUT2D eigenvalue weighted by atomic mass is 32.2. The molecule has 3 nitrogen and oxygen atoms in total. The minimum atomic E-state index is -2.90. The van der Waals surface area contributed by atoms with Crippen LogP contribution in [-0.4, -0.2) is 26.5 Å². The van der Waals surface area contributed by atoms with Gasteiger partial charge in [0.15, 0.2) is 0 Å². The molecule has 0 unspecified atom stereocenters. The van der Waals surface area contributed by atoms with Gasteiger partial charge in [-0.05, 0) is 19.4 Å². The van der Waals surface area contributed by atoms with E-state index in [0.717, 1.165) is 0 Å². The Morgan fingerprint density at radius 2 is 2.06 bits per heavy atom. The van der Waals surface area contributed by atoms with Gasteiger partial charge in [-0.3, -0.25) is 0 Å². The number of sulfone groups is 1. The SMILES string of the molecule is Cc1cccc(CN[C@@H](C)CS(C)(=O)=O)c1. The predicted octanol–water partition coefficient (Wildman–Crippen LogP) is 1.52. The Morgan fingerprint density at radius 3 is 2.62 bits per heavy atom. The molecule has 4 heteroatoms. The average Bonchev–Trinajstić information content (AvgIpc) is 2.12. The van der Waals surface area contributed by atoms with E-state index in [4.69, 9.17) is 0 Å². The van der Waals surface area contributed by atoms with E-state index in [1.807, 2.05) is 32.0 Å². The van der Waals surface area contributed by atoms with Gasteiger partial charge in [-0.2, -0.15) is 0 Å². The number of rotatable bonds is 5. The number of nitrogens with one attached hydrogen (secondary N) is 1. The predicted molar refractivity (Wildman–Crippen MR) is 67.2 cm³/mol. The average molecular weight is 241 g/mol. The Bertz CT molecular complexity index is 440. The zero-order valence-corrected chi connectivity index (χ0v) is 10.8. The van der Waals surface area contributed by atoms with E-state index in [9.17, 15) is 8.42 Å². The molecule has 0 aliphatic carbocycles. The first-order valence-electron chi connectivity index (χ1n) is 5.33. The molecule has 0 aliphatic rings. The molecule has 0 aliphatic heterocycles. The first kappa shape index (κ1) is 13.2. The lowest BCUT2D eigenvalue weighted by Gasteiger charge is -2.12. The second kappa shape index (κ2) is 5.46. The summed E-state index contributed by atoms with van der Waals surface area (Å²) in [6, 6.07) is 8.17. The smallest absolute Gasteiger partial charge is 0.148 e. The zero-order valence-electron chi connectivity index (χ0n) is 10.0. The van der Waals surface area contributed by atoms with Crippen LogP contribution in [0.4, 0.5) is 0 Å². The topological polar surface area (TPSA) is 46.2 Å². The van der Waals surface area contributed by atoms with E-state index >= 15 is 0 Å². The summed E-state index contributed by atoms with van der Waals surface area (Å²) in [5, 5.41) is 3.20. The first-order valence-corrected chi connectivity index (χ1v) is 7.39. The van der Waals surface area contributed by atoms with E-state index in [1.165, 1.54) is 17.4 Å². The van der Waals surface area contributed by atoms with Gasteiger partial charge in [0.1, 0.15) is 9.84 Å². The third-order valence-electron chi connectivity index (χ3n) is 2.29. The normalized spacial score (nSPS) is 13.7. The Morgan fingerprint density at radius 1 is 1.38 bits per heavy atom. The summed E-state index contributed by atoms with van der Waals surface area (Å²) >= 11 is 0. The Hall–Kier alpha value is -0.870. The van der Waals surface area contributed by atoms with Gasteiger partial charge in [0.05, 0.1) is 5.75 Å². The van der Waals surface area contributed by atoms with Gasteiger partial charge in [-0.1, -0.05) is 29.8 Å². The highest BCUT2D eigenvalue weighted by Crippen LogP contribution is 2.04. The van der Waals surface area contributed by atoms with Crippen LogP contribution in [-0.2, 0) is 16.4 Å². The van der Waals surface area contributed by atoms with Crippen molar-refractivity contribution in [3.8, 4) is 0 Å². The van der Waals surface area contributed by atoms with E-state index in [2.05, 4.69) is 11.4 Å². The van der Waals surface area contributed by atoms with E-state index < -0.39 is 9.84 Å². The van der Waals surface area contributed by atoms with Crippen molar-refractivity contribution in [2.75, 3.05) is 12.0 Å². The summed E-state index contributed by atoms with van der Waals surface area (Å²) in [6.45, 7) is 4.64. The standard InChI is InChI=1S/C12H19NO2S/c1-10-5-4-6-12(7-10)8-13-11(2)9-16(3,14)15/h4-7,11,13H,8-9H2,1-3H3/t11-/m0/s1. The highest BCUT2D eigenvalue weighted by molar-refractivity contribution is 7.90. The maximum Gasteiger partial charge on any atom is 0.148 e. The van der Waals surface area contributed by atoms with Gasteiger partial charge in [-0.15, -0.1) is 0 Å². The molecule has 0 bridgehead atoms. The third-order valence-corrected chi connectivity index (χ3v) is 3.40. The van der Waals surface area contributed by atoms with Gasteiger partial charge in [0.2, 0.25) is 0 Å². The Labute approximate surface area is 97.8 Å². The summed E-state index contributed by atoms with van der Waals surface area (Å²) in [5.41, 5.74) is 2.40. The van der Waals surface area contributed by atoms with E-state index in [1.54, 1.807) is 0 Å². The zero-order chi connectivity index (χ0) is 12.2. The van der Waals surface area contributed by atoms with Gasteiger partial charge in [0.25, 0.3) is 0 Å². The molecule has 0 saturated carbocycles. The fraction of sp³-hybridized carbons (Fsp3) is 0.500. The molecule has 0 aromatic heterocycles. The van der Waals surface area contributed by atoms with Crippen molar-refractivity contribution in [2.45, 2.75) is 26.4 Å². The van der Waals surface area contributed by atoms with Gasteiger partial charge >= 0.3 is 0 Å². The van der Waals surface area contributed by atoms with Crippen molar-refractivity contribution in [1.29, 1.82) is 0 Å². The number of hydrogen-bond donors (Lipinski definition) is 1. The van der Waals surface area contributed by atoms with E-state index in [-0.39, 0.29) is 11.8 Å². The lowest BCUT2D eigenvalue weighted by Crippen LogP contribution is -2.32. The van der Waals surface area contributed by atoms with Crippen molar-refractivity contribution in [3.05, 3.63) is 35.4 Å². The lowest BCUT2D eigenvalue weighted by atomic mass is 10.1. The highest BCUT2D eigenvalue weighted by Gasteiger charge is 2.09. The van der Waals surface area contributed by atoms with Crippen LogP contribution in [0, 0.1) is 6.92 Å². The van der Waals surface area contributed by atoms with Crippen LogP contribution in [0.3, 0.4) is 0 Å². The molecule has 1 aromatic carbocycles. The molecule has 0 amide bonds. The van der Waals surface area contributed by atoms with Crippen LogP contribution in [0.2, 0.25) is 0 Å². The third kappa shape index (κ3) is 5.28. The molecule has 16 heavy (non-hydrogen) atoms. The largest absolute Gasteiger partial charge is 0.309 e. The molecule has 1 rings (SSSR count). The van der Waals surface area contributed by atoms with Crippen LogP contribution in [0.5, 0.6) is 0 Å². The summed E-state index contributed by atoms with van der Waals surface area (Å²) in [7, 11) is -2.90. The van der Waals surface area contributed by atoms with Crippen LogP contribution in [0.15, 0.2) is 24.3 Å². The Kier molecular flexibility index (Phi) is 4.50. The molecule has 0 radical (unpaired) electrons. The van der Waals surface area contributed by atoms with Crippen molar-refractivity contribution in [3.63, 3.8) is 0 Å². The molecule has 0 spiro atoms. The van der Waals surface area contributed by atoms with Crippen LogP contribution < -0.4 is 5.32 Å². The van der Waals surface area contributed by atoms with Crippen molar-refractivity contribution in [2.24, 2.45) is 0 Å². The number of hydrogen-bond acceptors (Lipinski definition) is 3. The van der Waals surface area contributed by atoms with Crippen molar-refractivity contribution < 1.29 is 8.42 Å². The second-order valence-corrected chi connectivity index (χ2v) is 6.55. The molecule has 1 aromatic rings. The quantitative estimate of drug-likeness (QED) is 0.850. The summed E-state index contributed by atoms with van der Waals surface area (Å²) in [6.07, 6.45) is 1.26. The van der Waals surface area contributed by atoms with Crippen molar-refractivity contribution in [1.82, 2.24) is 5.32 Å². The lowest BCUT2D eigenvalue weighted by molar-refractivity contribution is 0.560. The molecule has 0 heterocycles. The number of aryl methyl sites for hydroxylation is 1. The maximum atomic E-state index is 11.1. The minimum Gasteiger partial charge on any atom is -0.309 e. The second-order valence-electron chi connectivity index (χ2n) is 4.36. The van der Waals surface area contributed by atoms with Gasteiger partial charge < -0.3 is 5.32 Å². The van der Waals surface area contributed by atoms with Crippen LogP contribution in [0.1, 0.15) is 18.1 Å². The fourth-order valence-corrected chi connectivity index (χ4v) is 2.65. The monoisotopic (exact) mass is 241 g/mol. The first-order chi connectivity index (χ1) is 7.37. The molecule has 90 valence electrons. The molecule has 1 N–H and O–H groups in total. The summed E-state index contributed by atoms with van der Waals surface area (Å²) in [5.74, 6) is 0.179. The summed E-state index contributed by atoms with van der Waals surface area (Å²) < 4.78 is 22.1. The fourth-order valence-electron chi connectivity index (χ4n) is 1.63. The van der Waals surface area contributed by atoms with Crippen LogP contribution >= 0.6 is 0 Å². The molecule has 0 saturated heterocycles. The molecule has 0 fully saturated rings. The maximum absolute atomic E-state index is 11.1. The molecular weight excluding hydrogens is 222 g/mol. The minimum absolute atomic E-state index is 0.0180. The Balaban J connectivity index is 2.46. The van der Waals surface area contributed by atoms with Gasteiger partial charge in [-0.25, -0.2) is 8.42 Å². The summed E-state index contributed by atoms with van der Waals surface area (Å²) in [4.78, 5) is 0.